The van der Waals surface area contributed by atoms with Crippen molar-refractivity contribution in [1.29, 1.82) is 0 Å². The molecule has 2 aliphatic rings. The maximum atomic E-state index is 10.5. The first-order chi connectivity index (χ1) is 12.2. The van der Waals surface area contributed by atoms with Crippen LogP contribution in [0.4, 0.5) is 0 Å². The lowest BCUT2D eigenvalue weighted by molar-refractivity contribution is 0.174. The summed E-state index contributed by atoms with van der Waals surface area (Å²) in [6, 6.07) is 9.20. The normalized spacial score (nSPS) is 17.6. The quantitative estimate of drug-likeness (QED) is 0.816. The Bertz CT molecular complexity index is 846. The molecule has 0 aromatic heterocycles. The van der Waals surface area contributed by atoms with Crippen LogP contribution in [-0.4, -0.2) is 18.5 Å². The molecule has 6 heteroatoms. The van der Waals surface area contributed by atoms with Crippen LogP contribution in [0.1, 0.15) is 30.6 Å². The van der Waals surface area contributed by atoms with E-state index in [0.29, 0.717) is 40.9 Å². The van der Waals surface area contributed by atoms with Crippen LogP contribution in [0, 0.1) is 0 Å². The molecule has 0 amide bonds. The number of rotatable bonds is 4. The number of ether oxygens (including phenoxy) is 4. The highest BCUT2D eigenvalue weighted by atomic mass is 79.9. The molecule has 0 saturated heterocycles. The highest BCUT2D eigenvalue weighted by Crippen LogP contribution is 2.43. The highest BCUT2D eigenvalue weighted by Gasteiger charge is 2.24. The molecule has 2 aromatic carbocycles. The highest BCUT2D eigenvalue weighted by molar-refractivity contribution is 9.10. The van der Waals surface area contributed by atoms with Crippen molar-refractivity contribution in [2.75, 3.05) is 13.4 Å². The van der Waals surface area contributed by atoms with Gasteiger partial charge in [0, 0.05) is 17.2 Å². The van der Waals surface area contributed by atoms with E-state index in [4.69, 9.17) is 18.9 Å². The van der Waals surface area contributed by atoms with Gasteiger partial charge in [-0.15, -0.1) is 0 Å². The second-order valence-electron chi connectivity index (χ2n) is 5.81. The van der Waals surface area contributed by atoms with Crippen LogP contribution in [0.3, 0.4) is 0 Å². The fourth-order valence-electron chi connectivity index (χ4n) is 2.78. The summed E-state index contributed by atoms with van der Waals surface area (Å²) in [5.74, 6) is 3.23. The third kappa shape index (κ3) is 3.07. The van der Waals surface area contributed by atoms with Crippen LogP contribution in [0.5, 0.6) is 23.0 Å². The number of hydrogen-bond donors (Lipinski definition) is 1. The van der Waals surface area contributed by atoms with Gasteiger partial charge in [0.05, 0.1) is 11.1 Å². The molecular weight excluding hydrogens is 388 g/mol. The van der Waals surface area contributed by atoms with Crippen molar-refractivity contribution in [2.24, 2.45) is 0 Å². The van der Waals surface area contributed by atoms with Gasteiger partial charge in [0.2, 0.25) is 6.79 Å². The molecule has 5 nitrogen and oxygen atoms in total. The molecule has 1 atom stereocenters. The summed E-state index contributed by atoms with van der Waals surface area (Å²) in [6.07, 6.45) is 1.83. The molecule has 0 radical (unpaired) electrons. The van der Waals surface area contributed by atoms with E-state index in [-0.39, 0.29) is 6.79 Å². The van der Waals surface area contributed by atoms with Gasteiger partial charge in [0.15, 0.2) is 11.5 Å². The van der Waals surface area contributed by atoms with Gasteiger partial charge in [0.25, 0.3) is 0 Å². The van der Waals surface area contributed by atoms with Crippen molar-refractivity contribution in [3.63, 3.8) is 0 Å². The minimum atomic E-state index is -0.763. The van der Waals surface area contributed by atoms with Crippen molar-refractivity contribution in [1.82, 2.24) is 0 Å². The summed E-state index contributed by atoms with van der Waals surface area (Å²) in [5.41, 5.74) is 1.51. The van der Waals surface area contributed by atoms with Gasteiger partial charge < -0.3 is 24.1 Å². The Balaban J connectivity index is 1.66. The first kappa shape index (κ1) is 16.3. The van der Waals surface area contributed by atoms with Crippen LogP contribution < -0.4 is 18.9 Å². The Hall–Kier alpha value is -2.18. The standard InChI is InChI=1S/C19H17BrO5/c1-2-5-22-18-9-17-12(7-13(18)20)14(21)8-16(25-17)11-3-4-15-19(6-11)24-10-23-15/h3-4,6-9,14,21H,2,5,10H2,1H3. The second-order valence-corrected chi connectivity index (χ2v) is 6.67. The van der Waals surface area contributed by atoms with Gasteiger partial charge in [-0.25, -0.2) is 0 Å². The van der Waals surface area contributed by atoms with E-state index in [9.17, 15) is 5.11 Å². The SMILES string of the molecule is CCCOc1cc2c(cc1Br)C(O)C=C(c1ccc3c(c1)OCO3)O2. The van der Waals surface area contributed by atoms with Gasteiger partial charge in [-0.05, 0) is 52.7 Å². The summed E-state index contributed by atoms with van der Waals surface area (Å²) in [4.78, 5) is 0. The van der Waals surface area contributed by atoms with E-state index in [2.05, 4.69) is 15.9 Å². The van der Waals surface area contributed by atoms with Gasteiger partial charge in [-0.2, -0.15) is 0 Å². The number of aliphatic hydroxyl groups is 1. The van der Waals surface area contributed by atoms with Gasteiger partial charge in [0.1, 0.15) is 23.4 Å². The second kappa shape index (κ2) is 6.61. The van der Waals surface area contributed by atoms with Crippen molar-refractivity contribution in [3.8, 4) is 23.0 Å². The fraction of sp³-hybridized carbons (Fsp3) is 0.263. The lowest BCUT2D eigenvalue weighted by Crippen LogP contribution is -2.09. The van der Waals surface area contributed by atoms with Crippen LogP contribution in [0.15, 0.2) is 40.9 Å². The smallest absolute Gasteiger partial charge is 0.231 e. The molecule has 25 heavy (non-hydrogen) atoms. The maximum Gasteiger partial charge on any atom is 0.231 e. The van der Waals surface area contributed by atoms with Crippen LogP contribution in [-0.2, 0) is 0 Å². The number of aliphatic hydroxyl groups excluding tert-OH is 1. The molecular formula is C19H17BrO5. The number of benzene rings is 2. The Morgan fingerprint density at radius 2 is 2.00 bits per heavy atom. The molecule has 2 aliphatic heterocycles. The molecule has 0 fully saturated rings. The molecule has 0 saturated carbocycles. The Kier molecular flexibility index (Phi) is 4.31. The van der Waals surface area contributed by atoms with E-state index in [1.54, 1.807) is 12.1 Å². The molecule has 2 aromatic rings. The van der Waals surface area contributed by atoms with Crippen LogP contribution in [0.25, 0.3) is 5.76 Å². The Labute approximate surface area is 153 Å². The van der Waals surface area contributed by atoms with Crippen LogP contribution in [0.2, 0.25) is 0 Å². The van der Waals surface area contributed by atoms with E-state index in [1.165, 1.54) is 0 Å². The van der Waals surface area contributed by atoms with E-state index in [0.717, 1.165) is 16.5 Å². The average Bonchev–Trinajstić information content (AvgIpc) is 3.08. The zero-order chi connectivity index (χ0) is 17.4. The minimum absolute atomic E-state index is 0.219. The molecule has 0 aliphatic carbocycles. The molecule has 130 valence electrons. The Morgan fingerprint density at radius 1 is 1.16 bits per heavy atom. The maximum absolute atomic E-state index is 10.5. The van der Waals surface area contributed by atoms with Crippen molar-refractivity contribution < 1.29 is 24.1 Å². The number of fused-ring (bicyclic) bond motifs is 2. The molecule has 2 heterocycles. The monoisotopic (exact) mass is 404 g/mol. The van der Waals surface area contributed by atoms with E-state index >= 15 is 0 Å². The third-order valence-corrected chi connectivity index (χ3v) is 4.65. The average molecular weight is 405 g/mol. The lowest BCUT2D eigenvalue weighted by Gasteiger charge is -2.23. The van der Waals surface area contributed by atoms with E-state index in [1.807, 2.05) is 31.2 Å². The van der Waals surface area contributed by atoms with E-state index < -0.39 is 6.10 Å². The summed E-state index contributed by atoms with van der Waals surface area (Å²) in [5, 5.41) is 10.5. The first-order valence-electron chi connectivity index (χ1n) is 8.09. The molecule has 0 spiro atoms. The largest absolute Gasteiger partial charge is 0.492 e. The number of hydrogen-bond acceptors (Lipinski definition) is 5. The Morgan fingerprint density at radius 3 is 2.84 bits per heavy atom. The molecule has 4 rings (SSSR count). The van der Waals surface area contributed by atoms with Crippen molar-refractivity contribution in [3.05, 3.63) is 52.0 Å². The summed E-state index contributed by atoms with van der Waals surface area (Å²) in [6.45, 7) is 2.88. The summed E-state index contributed by atoms with van der Waals surface area (Å²) < 4.78 is 23.3. The lowest BCUT2D eigenvalue weighted by atomic mass is 10.0. The van der Waals surface area contributed by atoms with Crippen molar-refractivity contribution in [2.45, 2.75) is 19.4 Å². The summed E-state index contributed by atoms with van der Waals surface area (Å²) >= 11 is 3.48. The summed E-state index contributed by atoms with van der Waals surface area (Å²) in [7, 11) is 0. The third-order valence-electron chi connectivity index (χ3n) is 4.03. The zero-order valence-electron chi connectivity index (χ0n) is 13.6. The number of halogens is 1. The topological polar surface area (TPSA) is 57.2 Å². The van der Waals surface area contributed by atoms with Gasteiger partial charge in [-0.3, -0.25) is 0 Å². The fourth-order valence-corrected chi connectivity index (χ4v) is 3.26. The first-order valence-corrected chi connectivity index (χ1v) is 8.89. The minimum Gasteiger partial charge on any atom is -0.492 e. The zero-order valence-corrected chi connectivity index (χ0v) is 15.2. The predicted octanol–water partition coefficient (Wildman–Crippen LogP) is 4.43. The molecule has 1 unspecified atom stereocenters. The van der Waals surface area contributed by atoms with Gasteiger partial charge >= 0.3 is 0 Å². The predicted molar refractivity (Wildman–Crippen MR) is 96.1 cm³/mol. The van der Waals surface area contributed by atoms with Crippen molar-refractivity contribution >= 4 is 21.7 Å². The molecule has 0 bridgehead atoms. The van der Waals surface area contributed by atoms with Gasteiger partial charge in [-0.1, -0.05) is 6.92 Å². The molecule has 1 N–H and O–H groups in total. The van der Waals surface area contributed by atoms with Crippen LogP contribution >= 0.6 is 15.9 Å².